The molecule has 0 aliphatic heterocycles. The van der Waals surface area contributed by atoms with E-state index in [4.69, 9.17) is 5.26 Å². The number of ketones is 1. The molecule has 25 heavy (non-hydrogen) atoms. The van der Waals surface area contributed by atoms with Gasteiger partial charge in [-0.25, -0.2) is 0 Å². The lowest BCUT2D eigenvalue weighted by Crippen LogP contribution is -2.00. The van der Waals surface area contributed by atoms with E-state index < -0.39 is 4.92 Å². The predicted molar refractivity (Wildman–Crippen MR) is 93.0 cm³/mol. The van der Waals surface area contributed by atoms with Crippen LogP contribution in [0.3, 0.4) is 0 Å². The van der Waals surface area contributed by atoms with Crippen molar-refractivity contribution in [2.45, 2.75) is 0 Å². The molecule has 0 fully saturated rings. The van der Waals surface area contributed by atoms with Crippen LogP contribution < -0.4 is 0 Å². The fraction of sp³-hybridized carbons (Fsp3) is 0. The molecule has 0 N–H and O–H groups in total. The van der Waals surface area contributed by atoms with Crippen LogP contribution in [0.5, 0.6) is 0 Å². The number of hydrogen-bond acceptors (Lipinski definition) is 4. The number of nitrogens with zero attached hydrogens (tertiary/aromatic N) is 2. The quantitative estimate of drug-likeness (QED) is 0.410. The summed E-state index contributed by atoms with van der Waals surface area (Å²) in [6, 6.07) is 26.1. The summed E-state index contributed by atoms with van der Waals surface area (Å²) in [5.74, 6) is -0.138. The maximum absolute atomic E-state index is 12.0. The Morgan fingerprint density at radius 1 is 0.920 bits per heavy atom. The van der Waals surface area contributed by atoms with Gasteiger partial charge in [0.15, 0.2) is 5.78 Å². The van der Waals surface area contributed by atoms with Gasteiger partial charge in [0.2, 0.25) is 0 Å². The first-order valence-electron chi connectivity index (χ1n) is 7.32. The molecule has 0 aromatic heterocycles. The van der Waals surface area contributed by atoms with Crippen molar-refractivity contribution in [3.8, 4) is 6.07 Å². The van der Waals surface area contributed by atoms with Gasteiger partial charge in [-0.2, -0.15) is 5.26 Å². The monoisotopic (exact) mass is 329 g/mol. The third kappa shape index (κ3) is 5.12. The molecule has 0 amide bonds. The van der Waals surface area contributed by atoms with Gasteiger partial charge in [-0.15, -0.1) is 0 Å². The summed E-state index contributed by atoms with van der Waals surface area (Å²) < 4.78 is 0. The molecule has 0 saturated carbocycles. The van der Waals surface area contributed by atoms with E-state index in [1.807, 2.05) is 12.1 Å². The first-order chi connectivity index (χ1) is 12.1. The maximum atomic E-state index is 12.0. The van der Waals surface area contributed by atoms with E-state index in [1.165, 1.54) is 24.3 Å². The number of non-ortho nitro benzene ring substituents is 1. The number of nitro groups is 1. The number of benzene rings is 3. The van der Waals surface area contributed by atoms with E-state index in [0.29, 0.717) is 16.7 Å². The summed E-state index contributed by atoms with van der Waals surface area (Å²) >= 11 is 0. The van der Waals surface area contributed by atoms with E-state index in [9.17, 15) is 14.9 Å². The largest absolute Gasteiger partial charge is 0.289 e. The molecule has 3 rings (SSSR count). The highest BCUT2D eigenvalue weighted by Gasteiger charge is 2.10. The zero-order chi connectivity index (χ0) is 18.1. The minimum absolute atomic E-state index is 0.0189. The van der Waals surface area contributed by atoms with Crippen molar-refractivity contribution < 1.29 is 9.72 Å². The topological polar surface area (TPSA) is 84.0 Å². The highest BCUT2D eigenvalue weighted by atomic mass is 16.6. The molecule has 0 heterocycles. The molecular formula is C20H13N2O3. The number of carbonyl (C=O) groups is 1. The Hall–Kier alpha value is -3.78. The van der Waals surface area contributed by atoms with Gasteiger partial charge in [-0.05, 0) is 30.3 Å². The molecule has 5 heteroatoms. The van der Waals surface area contributed by atoms with E-state index in [0.717, 1.165) is 0 Å². The molecule has 3 aromatic rings. The van der Waals surface area contributed by atoms with Crippen LogP contribution in [0.4, 0.5) is 5.69 Å². The molecule has 0 saturated heterocycles. The lowest BCUT2D eigenvalue weighted by atomic mass is 10.0. The smallest absolute Gasteiger partial charge is 0.269 e. The summed E-state index contributed by atoms with van der Waals surface area (Å²) in [7, 11) is 0. The average Bonchev–Trinajstić information content (AvgIpc) is 2.69. The van der Waals surface area contributed by atoms with E-state index in [1.54, 1.807) is 48.5 Å². The SMILES string of the molecule is N#Cc1cc[c]cc1.O=C(c1ccccc1)c1ccc([N+](=O)[O-])cc1. The average molecular weight is 329 g/mol. The van der Waals surface area contributed by atoms with Crippen molar-refractivity contribution in [2.75, 3.05) is 0 Å². The number of nitro benzene ring substituents is 1. The first kappa shape index (κ1) is 17.6. The van der Waals surface area contributed by atoms with Crippen LogP contribution in [0.1, 0.15) is 21.5 Å². The predicted octanol–water partition coefficient (Wildman–Crippen LogP) is 4.18. The van der Waals surface area contributed by atoms with Crippen LogP contribution in [0.25, 0.3) is 0 Å². The van der Waals surface area contributed by atoms with E-state index >= 15 is 0 Å². The first-order valence-corrected chi connectivity index (χ1v) is 7.32. The second-order valence-electron chi connectivity index (χ2n) is 4.90. The van der Waals surface area contributed by atoms with Gasteiger partial charge in [-0.3, -0.25) is 14.9 Å². The maximum Gasteiger partial charge on any atom is 0.269 e. The van der Waals surface area contributed by atoms with Gasteiger partial charge in [-0.1, -0.05) is 42.5 Å². The minimum atomic E-state index is -0.489. The molecule has 121 valence electrons. The Morgan fingerprint density at radius 3 is 1.96 bits per heavy atom. The van der Waals surface area contributed by atoms with Crippen molar-refractivity contribution in [3.05, 3.63) is 112 Å². The zero-order valence-electron chi connectivity index (χ0n) is 13.1. The third-order valence-corrected chi connectivity index (χ3v) is 3.22. The fourth-order valence-electron chi connectivity index (χ4n) is 1.95. The Bertz CT molecular complexity index is 884. The summed E-state index contributed by atoms with van der Waals surface area (Å²) in [4.78, 5) is 21.9. The van der Waals surface area contributed by atoms with Crippen LogP contribution >= 0.6 is 0 Å². The highest BCUT2D eigenvalue weighted by molar-refractivity contribution is 6.09. The highest BCUT2D eigenvalue weighted by Crippen LogP contribution is 2.15. The van der Waals surface area contributed by atoms with Gasteiger partial charge >= 0.3 is 0 Å². The molecule has 5 nitrogen and oxygen atoms in total. The molecular weight excluding hydrogens is 316 g/mol. The van der Waals surface area contributed by atoms with Gasteiger partial charge in [0, 0.05) is 23.3 Å². The summed E-state index contributed by atoms with van der Waals surface area (Å²) in [6.07, 6.45) is 0. The molecule has 0 atom stereocenters. The normalized spacial score (nSPS) is 9.24. The van der Waals surface area contributed by atoms with Gasteiger partial charge < -0.3 is 0 Å². The lowest BCUT2D eigenvalue weighted by Gasteiger charge is -2.00. The third-order valence-electron chi connectivity index (χ3n) is 3.22. The molecule has 0 unspecified atom stereocenters. The molecule has 0 spiro atoms. The van der Waals surface area contributed by atoms with Crippen LogP contribution in [0.2, 0.25) is 0 Å². The second-order valence-corrected chi connectivity index (χ2v) is 4.90. The second kappa shape index (κ2) is 8.75. The summed E-state index contributed by atoms with van der Waals surface area (Å²) in [5, 5.41) is 18.7. The molecule has 0 aliphatic rings. The Morgan fingerprint density at radius 2 is 1.48 bits per heavy atom. The molecule has 1 radical (unpaired) electrons. The van der Waals surface area contributed by atoms with Gasteiger partial charge in [0.1, 0.15) is 0 Å². The van der Waals surface area contributed by atoms with E-state index in [-0.39, 0.29) is 11.5 Å². The number of carbonyl (C=O) groups excluding carboxylic acids is 1. The number of nitriles is 1. The van der Waals surface area contributed by atoms with Crippen molar-refractivity contribution in [1.82, 2.24) is 0 Å². The summed E-state index contributed by atoms with van der Waals surface area (Å²) in [5.41, 5.74) is 1.68. The zero-order valence-corrected chi connectivity index (χ0v) is 13.1. The Kier molecular flexibility index (Phi) is 6.15. The van der Waals surface area contributed by atoms with Crippen LogP contribution in [0.15, 0.2) is 78.9 Å². The molecule has 0 bridgehead atoms. The Balaban J connectivity index is 0.000000236. The van der Waals surface area contributed by atoms with Crippen molar-refractivity contribution in [1.29, 1.82) is 5.26 Å². The van der Waals surface area contributed by atoms with Crippen LogP contribution in [-0.4, -0.2) is 10.7 Å². The standard InChI is InChI=1S/C13H9NO3.C7H4N/c15-13(10-4-2-1-3-5-10)11-6-8-12(9-7-11)14(16)17;8-6-7-4-2-1-3-5-7/h1-9H;2-5H. The number of hydrogen-bond donors (Lipinski definition) is 0. The van der Waals surface area contributed by atoms with Crippen LogP contribution in [-0.2, 0) is 0 Å². The van der Waals surface area contributed by atoms with Crippen molar-refractivity contribution in [3.63, 3.8) is 0 Å². The van der Waals surface area contributed by atoms with Crippen LogP contribution in [0, 0.1) is 27.5 Å². The van der Waals surface area contributed by atoms with Crippen molar-refractivity contribution in [2.24, 2.45) is 0 Å². The molecule has 0 aliphatic carbocycles. The lowest BCUT2D eigenvalue weighted by molar-refractivity contribution is -0.384. The van der Waals surface area contributed by atoms with E-state index in [2.05, 4.69) is 6.07 Å². The van der Waals surface area contributed by atoms with Gasteiger partial charge in [0.25, 0.3) is 5.69 Å². The fourth-order valence-corrected chi connectivity index (χ4v) is 1.95. The summed E-state index contributed by atoms with van der Waals surface area (Å²) in [6.45, 7) is 0. The Labute approximate surface area is 144 Å². The van der Waals surface area contributed by atoms with Gasteiger partial charge in [0.05, 0.1) is 16.6 Å². The minimum Gasteiger partial charge on any atom is -0.289 e. The molecule has 3 aromatic carbocycles. The number of rotatable bonds is 3. The van der Waals surface area contributed by atoms with Crippen molar-refractivity contribution >= 4 is 11.5 Å².